The van der Waals surface area contributed by atoms with E-state index in [0.717, 1.165) is 32.9 Å². The Labute approximate surface area is 335 Å². The molecule has 0 bridgehead atoms. The van der Waals surface area contributed by atoms with E-state index in [-0.39, 0.29) is 5.41 Å². The monoisotopic (exact) mass is 740 g/mol. The van der Waals surface area contributed by atoms with E-state index in [1.165, 1.54) is 65.7 Å². The van der Waals surface area contributed by atoms with Gasteiger partial charge in [-0.2, -0.15) is 9.97 Å². The Kier molecular flexibility index (Phi) is 6.94. The molecule has 4 nitrogen and oxygen atoms in total. The Morgan fingerprint density at radius 1 is 0.345 bits per heavy atom. The van der Waals surface area contributed by atoms with Crippen LogP contribution in [0.15, 0.2) is 182 Å². The van der Waals surface area contributed by atoms with E-state index in [4.69, 9.17) is 15.0 Å². The maximum absolute atomic E-state index is 5.19. The van der Waals surface area contributed by atoms with Crippen molar-refractivity contribution in [2.75, 3.05) is 0 Å². The van der Waals surface area contributed by atoms with Crippen molar-refractivity contribution in [3.8, 4) is 51.0 Å². The van der Waals surface area contributed by atoms with E-state index in [2.05, 4.69) is 164 Å². The summed E-state index contributed by atoms with van der Waals surface area (Å²) in [5.41, 5.74) is 11.9. The van der Waals surface area contributed by atoms with Crippen molar-refractivity contribution in [2.24, 2.45) is 0 Å². The fourth-order valence-corrected chi connectivity index (χ4v) is 9.59. The van der Waals surface area contributed by atoms with Crippen molar-refractivity contribution in [1.82, 2.24) is 19.5 Å². The first-order chi connectivity index (χ1) is 28.5. The van der Waals surface area contributed by atoms with E-state index >= 15 is 0 Å². The van der Waals surface area contributed by atoms with Gasteiger partial charge >= 0.3 is 0 Å². The summed E-state index contributed by atoms with van der Waals surface area (Å²) in [7, 11) is 0. The van der Waals surface area contributed by atoms with Gasteiger partial charge < -0.3 is 0 Å². The molecule has 1 aliphatic rings. The molecule has 0 saturated heterocycles. The largest absolute Gasteiger partial charge is 0.278 e. The highest BCUT2D eigenvalue weighted by Crippen LogP contribution is 2.50. The lowest BCUT2D eigenvalue weighted by Gasteiger charge is -2.22. The third-order valence-corrected chi connectivity index (χ3v) is 12.4. The van der Waals surface area contributed by atoms with Crippen LogP contribution in [0.4, 0.5) is 0 Å². The van der Waals surface area contributed by atoms with Crippen LogP contribution >= 0.6 is 0 Å². The van der Waals surface area contributed by atoms with Gasteiger partial charge in [0.05, 0.1) is 11.0 Å². The highest BCUT2D eigenvalue weighted by atomic mass is 15.2. The molecule has 0 amide bonds. The van der Waals surface area contributed by atoms with Gasteiger partial charge in [-0.1, -0.05) is 166 Å². The molecule has 9 aromatic carbocycles. The smallest absolute Gasteiger partial charge is 0.238 e. The minimum atomic E-state index is -0.0558. The minimum Gasteiger partial charge on any atom is -0.278 e. The molecule has 0 aliphatic heterocycles. The van der Waals surface area contributed by atoms with Gasteiger partial charge in [0.25, 0.3) is 0 Å². The van der Waals surface area contributed by atoms with Gasteiger partial charge in [-0.25, -0.2) is 4.98 Å². The van der Waals surface area contributed by atoms with Crippen LogP contribution in [-0.4, -0.2) is 19.5 Å². The topological polar surface area (TPSA) is 43.6 Å². The minimum absolute atomic E-state index is 0.0558. The number of rotatable bonds is 4. The second-order valence-corrected chi connectivity index (χ2v) is 16.0. The molecule has 272 valence electrons. The van der Waals surface area contributed by atoms with Crippen molar-refractivity contribution in [3.05, 3.63) is 193 Å². The maximum atomic E-state index is 5.19. The van der Waals surface area contributed by atoms with Crippen LogP contribution in [-0.2, 0) is 5.41 Å². The number of fused-ring (bicyclic) bond motifs is 12. The van der Waals surface area contributed by atoms with Crippen LogP contribution in [0.2, 0.25) is 0 Å². The van der Waals surface area contributed by atoms with Gasteiger partial charge in [-0.15, -0.1) is 0 Å². The van der Waals surface area contributed by atoms with E-state index < -0.39 is 0 Å². The maximum Gasteiger partial charge on any atom is 0.238 e. The SMILES string of the molecule is CC1(C)c2ccccc2-c2ccc(-c3ccc4c(c3)c3ccccc3c3cc5c(cc43)c3ccccc3n5-c3nc(-c4ccccc4)nc(-c4ccccc4)n3)cc21. The van der Waals surface area contributed by atoms with Crippen LogP contribution in [0, 0.1) is 0 Å². The van der Waals surface area contributed by atoms with Gasteiger partial charge in [0, 0.05) is 27.3 Å². The Morgan fingerprint density at radius 2 is 0.879 bits per heavy atom. The number of hydrogen-bond donors (Lipinski definition) is 0. The lowest BCUT2D eigenvalue weighted by atomic mass is 9.81. The molecule has 12 rings (SSSR count). The lowest BCUT2D eigenvalue weighted by molar-refractivity contribution is 0.660. The Bertz CT molecular complexity index is 3410. The zero-order valence-corrected chi connectivity index (χ0v) is 32.1. The second kappa shape index (κ2) is 12.3. The molecule has 4 heteroatoms. The zero-order valence-electron chi connectivity index (χ0n) is 32.1. The van der Waals surface area contributed by atoms with Crippen LogP contribution in [0.3, 0.4) is 0 Å². The normalized spacial score (nSPS) is 13.1. The molecule has 2 heterocycles. The summed E-state index contributed by atoms with van der Waals surface area (Å²) in [6.45, 7) is 4.70. The highest BCUT2D eigenvalue weighted by molar-refractivity contribution is 6.29. The molecule has 1 aliphatic carbocycles. The molecule has 0 radical (unpaired) electrons. The molecular weight excluding hydrogens is 705 g/mol. The summed E-state index contributed by atoms with van der Waals surface area (Å²) in [6.07, 6.45) is 0. The predicted molar refractivity (Wildman–Crippen MR) is 241 cm³/mol. The highest BCUT2D eigenvalue weighted by Gasteiger charge is 2.35. The standard InChI is InChI=1S/C54H36N4/c1-54(2)47-23-13-11-21-40(47)41-28-26-36(30-48(41)54)35-25-27-39-43(29-35)37-19-9-10-20-38(37)45-32-50-46(31-44(39)45)42-22-12-14-24-49(42)58(50)53-56-51(33-15-5-3-6-16-33)55-52(57-53)34-17-7-4-8-18-34/h3-32H,1-2H3. The van der Waals surface area contributed by atoms with Gasteiger partial charge in [0.2, 0.25) is 5.95 Å². The predicted octanol–water partition coefficient (Wildman–Crippen LogP) is 13.7. The van der Waals surface area contributed by atoms with E-state index in [1.54, 1.807) is 0 Å². The third-order valence-electron chi connectivity index (χ3n) is 12.4. The summed E-state index contributed by atoms with van der Waals surface area (Å²) in [4.78, 5) is 15.4. The average Bonchev–Trinajstić information content (AvgIpc) is 3.73. The molecule has 0 saturated carbocycles. The molecule has 58 heavy (non-hydrogen) atoms. The van der Waals surface area contributed by atoms with Crippen molar-refractivity contribution >= 4 is 54.1 Å². The summed E-state index contributed by atoms with van der Waals surface area (Å²) < 4.78 is 2.22. The van der Waals surface area contributed by atoms with Crippen molar-refractivity contribution in [1.29, 1.82) is 0 Å². The fourth-order valence-electron chi connectivity index (χ4n) is 9.59. The number of hydrogen-bond acceptors (Lipinski definition) is 3. The van der Waals surface area contributed by atoms with Crippen LogP contribution in [0.25, 0.3) is 105 Å². The van der Waals surface area contributed by atoms with Gasteiger partial charge in [-0.3, -0.25) is 4.57 Å². The van der Waals surface area contributed by atoms with Crippen molar-refractivity contribution in [3.63, 3.8) is 0 Å². The lowest BCUT2D eigenvalue weighted by Crippen LogP contribution is -2.14. The van der Waals surface area contributed by atoms with E-state index in [1.807, 2.05) is 36.4 Å². The molecular formula is C54H36N4. The van der Waals surface area contributed by atoms with E-state index in [9.17, 15) is 0 Å². The Balaban J connectivity index is 1.10. The Hall–Kier alpha value is -7.43. The van der Waals surface area contributed by atoms with Crippen molar-refractivity contribution in [2.45, 2.75) is 19.3 Å². The zero-order chi connectivity index (χ0) is 38.5. The Morgan fingerprint density at radius 3 is 1.60 bits per heavy atom. The van der Waals surface area contributed by atoms with Gasteiger partial charge in [0.1, 0.15) is 0 Å². The number of nitrogens with zero attached hydrogens (tertiary/aromatic N) is 4. The first-order valence-corrected chi connectivity index (χ1v) is 19.9. The first-order valence-electron chi connectivity index (χ1n) is 19.9. The number of benzene rings is 9. The fraction of sp³-hybridized carbons (Fsp3) is 0.0556. The average molecular weight is 741 g/mol. The summed E-state index contributed by atoms with van der Waals surface area (Å²) in [6, 6.07) is 65.5. The molecule has 0 atom stereocenters. The second-order valence-electron chi connectivity index (χ2n) is 16.0. The van der Waals surface area contributed by atoms with Crippen LogP contribution in [0.5, 0.6) is 0 Å². The van der Waals surface area contributed by atoms with Crippen LogP contribution in [0.1, 0.15) is 25.0 Å². The summed E-state index contributed by atoms with van der Waals surface area (Å²) >= 11 is 0. The number of para-hydroxylation sites is 1. The van der Waals surface area contributed by atoms with Crippen molar-refractivity contribution < 1.29 is 0 Å². The van der Waals surface area contributed by atoms with Crippen LogP contribution < -0.4 is 0 Å². The first kappa shape index (κ1) is 32.8. The quantitative estimate of drug-likeness (QED) is 0.169. The summed E-state index contributed by atoms with van der Waals surface area (Å²) in [5, 5.41) is 9.69. The molecule has 2 aromatic heterocycles. The summed E-state index contributed by atoms with van der Waals surface area (Å²) in [5.74, 6) is 1.87. The molecule has 0 unspecified atom stereocenters. The third kappa shape index (κ3) is 4.78. The molecule has 0 spiro atoms. The molecule has 0 fully saturated rings. The molecule has 0 N–H and O–H groups in total. The van der Waals surface area contributed by atoms with E-state index in [0.29, 0.717) is 17.6 Å². The molecule has 11 aromatic rings. The van der Waals surface area contributed by atoms with Gasteiger partial charge in [-0.05, 0) is 96.0 Å². The van der Waals surface area contributed by atoms with Gasteiger partial charge in [0.15, 0.2) is 11.6 Å². The number of aromatic nitrogens is 4.